The summed E-state index contributed by atoms with van der Waals surface area (Å²) >= 11 is 6.31. The first kappa shape index (κ1) is 22.5. The smallest absolute Gasteiger partial charge is 0.251 e. The standard InChI is InChI=1S/C25H20ClN3O4S/c26-21-4-2-1-3-20(21)22-8-7-17-13-27-19(12-23(17)29-22)14-28-25(30)16-5-6-18-15-33-9-10-34(31,32)24(18)11-16/h1-8,11-13H,9-10,14-15H2,(H,28,30). The number of amides is 1. The summed E-state index contributed by atoms with van der Waals surface area (Å²) < 4.78 is 30.3. The number of nitrogens with zero attached hydrogens (tertiary/aromatic N) is 2. The molecule has 1 amide bonds. The van der Waals surface area contributed by atoms with Crippen LogP contribution >= 0.6 is 11.6 Å². The highest BCUT2D eigenvalue weighted by Crippen LogP contribution is 2.27. The molecule has 7 nitrogen and oxygen atoms in total. The van der Waals surface area contributed by atoms with Gasteiger partial charge in [-0.25, -0.2) is 13.4 Å². The van der Waals surface area contributed by atoms with Gasteiger partial charge in [0.2, 0.25) is 0 Å². The lowest BCUT2D eigenvalue weighted by atomic mass is 10.1. The molecule has 172 valence electrons. The van der Waals surface area contributed by atoms with Gasteiger partial charge in [-0.3, -0.25) is 9.78 Å². The Hall–Kier alpha value is -3.33. The molecule has 0 spiro atoms. The third-order valence-electron chi connectivity index (χ3n) is 5.63. The van der Waals surface area contributed by atoms with Crippen molar-refractivity contribution in [2.75, 3.05) is 12.4 Å². The van der Waals surface area contributed by atoms with Crippen LogP contribution in [0.2, 0.25) is 5.02 Å². The zero-order chi connectivity index (χ0) is 23.7. The Kier molecular flexibility index (Phi) is 6.03. The number of benzene rings is 2. The number of carbonyl (C=O) groups is 1. The van der Waals surface area contributed by atoms with Crippen molar-refractivity contribution in [1.29, 1.82) is 0 Å². The average Bonchev–Trinajstić information content (AvgIpc) is 2.99. The molecule has 34 heavy (non-hydrogen) atoms. The van der Waals surface area contributed by atoms with Crippen LogP contribution in [-0.4, -0.2) is 36.7 Å². The number of carbonyl (C=O) groups excluding carboxylic acids is 1. The lowest BCUT2D eigenvalue weighted by molar-refractivity contribution is 0.0950. The van der Waals surface area contributed by atoms with Gasteiger partial charge in [0.05, 0.1) is 47.3 Å². The second kappa shape index (κ2) is 9.13. The van der Waals surface area contributed by atoms with Gasteiger partial charge in [-0.05, 0) is 42.0 Å². The Morgan fingerprint density at radius 2 is 1.94 bits per heavy atom. The van der Waals surface area contributed by atoms with Crippen LogP contribution in [0.3, 0.4) is 0 Å². The molecule has 0 fully saturated rings. The van der Waals surface area contributed by atoms with Crippen molar-refractivity contribution in [3.63, 3.8) is 0 Å². The molecule has 9 heteroatoms. The largest absolute Gasteiger partial charge is 0.376 e. The van der Waals surface area contributed by atoms with Crippen molar-refractivity contribution in [2.45, 2.75) is 18.0 Å². The monoisotopic (exact) mass is 493 g/mol. The second-order valence-electron chi connectivity index (χ2n) is 7.92. The van der Waals surface area contributed by atoms with E-state index in [0.717, 1.165) is 22.2 Å². The molecule has 0 saturated heterocycles. The van der Waals surface area contributed by atoms with Crippen molar-refractivity contribution in [3.05, 3.63) is 88.7 Å². The number of nitrogens with one attached hydrogen (secondary N) is 1. The molecule has 3 heterocycles. The highest BCUT2D eigenvalue weighted by molar-refractivity contribution is 7.91. The van der Waals surface area contributed by atoms with Crippen molar-refractivity contribution in [3.8, 4) is 11.3 Å². The summed E-state index contributed by atoms with van der Waals surface area (Å²) in [7, 11) is -3.49. The summed E-state index contributed by atoms with van der Waals surface area (Å²) in [5, 5.41) is 4.29. The Bertz CT molecular complexity index is 1520. The lowest BCUT2D eigenvalue weighted by Crippen LogP contribution is -2.23. The zero-order valence-electron chi connectivity index (χ0n) is 18.0. The van der Waals surface area contributed by atoms with Crippen molar-refractivity contribution in [1.82, 2.24) is 15.3 Å². The van der Waals surface area contributed by atoms with E-state index in [1.54, 1.807) is 18.3 Å². The molecule has 0 bridgehead atoms. The molecule has 0 unspecified atom stereocenters. The minimum Gasteiger partial charge on any atom is -0.376 e. The Labute approximate surface area is 201 Å². The van der Waals surface area contributed by atoms with Gasteiger partial charge in [0.25, 0.3) is 5.91 Å². The number of hydrogen-bond acceptors (Lipinski definition) is 6. The van der Waals surface area contributed by atoms with Crippen LogP contribution in [0.5, 0.6) is 0 Å². The molecule has 2 aromatic carbocycles. The first-order valence-corrected chi connectivity index (χ1v) is 12.7. The number of fused-ring (bicyclic) bond motifs is 2. The molecule has 0 aliphatic carbocycles. The van der Waals surface area contributed by atoms with E-state index in [2.05, 4.69) is 10.3 Å². The zero-order valence-corrected chi connectivity index (χ0v) is 19.6. The lowest BCUT2D eigenvalue weighted by Gasteiger charge is -2.10. The Morgan fingerprint density at radius 1 is 1.09 bits per heavy atom. The molecule has 4 aromatic rings. The van der Waals surface area contributed by atoms with Crippen LogP contribution in [0.1, 0.15) is 21.6 Å². The summed E-state index contributed by atoms with van der Waals surface area (Å²) in [5.41, 5.74) is 3.76. The third-order valence-corrected chi connectivity index (χ3v) is 7.71. The topological polar surface area (TPSA) is 98.3 Å². The van der Waals surface area contributed by atoms with E-state index < -0.39 is 9.84 Å². The van der Waals surface area contributed by atoms with Crippen molar-refractivity contribution in [2.24, 2.45) is 0 Å². The first-order chi connectivity index (χ1) is 16.4. The van der Waals surface area contributed by atoms with Gasteiger partial charge in [-0.1, -0.05) is 35.9 Å². The van der Waals surface area contributed by atoms with E-state index in [1.165, 1.54) is 6.07 Å². The molecule has 0 atom stereocenters. The van der Waals surface area contributed by atoms with Gasteiger partial charge in [0.1, 0.15) is 0 Å². The van der Waals surface area contributed by atoms with Crippen LogP contribution in [0.15, 0.2) is 71.8 Å². The fraction of sp³-hybridized carbons (Fsp3) is 0.160. The van der Waals surface area contributed by atoms with Crippen LogP contribution < -0.4 is 5.32 Å². The highest BCUT2D eigenvalue weighted by Gasteiger charge is 2.23. The van der Waals surface area contributed by atoms with Gasteiger partial charge < -0.3 is 10.1 Å². The molecule has 1 aliphatic heterocycles. The van der Waals surface area contributed by atoms with Gasteiger partial charge in [0.15, 0.2) is 9.84 Å². The maximum absolute atomic E-state index is 12.7. The molecule has 2 aromatic heterocycles. The normalized spacial score (nSPS) is 14.9. The maximum Gasteiger partial charge on any atom is 0.251 e. The number of ether oxygens (including phenoxy) is 1. The van der Waals surface area contributed by atoms with E-state index >= 15 is 0 Å². The Morgan fingerprint density at radius 3 is 2.79 bits per heavy atom. The van der Waals surface area contributed by atoms with E-state index in [4.69, 9.17) is 21.3 Å². The number of halogens is 1. The summed E-state index contributed by atoms with van der Waals surface area (Å²) in [6.07, 6.45) is 1.70. The molecule has 1 N–H and O–H groups in total. The van der Waals surface area contributed by atoms with Gasteiger partial charge in [-0.2, -0.15) is 0 Å². The van der Waals surface area contributed by atoms with E-state index in [1.807, 2.05) is 42.5 Å². The molecular weight excluding hydrogens is 474 g/mol. The number of aromatic nitrogens is 2. The molecule has 1 aliphatic rings. The minimum absolute atomic E-state index is 0.102. The van der Waals surface area contributed by atoms with Crippen LogP contribution in [0.25, 0.3) is 22.2 Å². The second-order valence-corrected chi connectivity index (χ2v) is 10.4. The minimum atomic E-state index is -3.49. The van der Waals surface area contributed by atoms with E-state index in [9.17, 15) is 13.2 Å². The highest BCUT2D eigenvalue weighted by atomic mass is 35.5. The number of hydrogen-bond donors (Lipinski definition) is 1. The van der Waals surface area contributed by atoms with Crippen LogP contribution in [-0.2, 0) is 27.7 Å². The van der Waals surface area contributed by atoms with Gasteiger partial charge in [-0.15, -0.1) is 0 Å². The fourth-order valence-electron chi connectivity index (χ4n) is 3.81. The summed E-state index contributed by atoms with van der Waals surface area (Å²) in [4.78, 5) is 22.0. The predicted octanol–water partition coefficient (Wildman–Crippen LogP) is 4.18. The fourth-order valence-corrected chi connectivity index (χ4v) is 5.43. The summed E-state index contributed by atoms with van der Waals surface area (Å²) in [6.45, 7) is 0.513. The summed E-state index contributed by atoms with van der Waals surface area (Å²) in [5.74, 6) is -0.488. The first-order valence-electron chi connectivity index (χ1n) is 10.6. The molecule has 5 rings (SSSR count). The SMILES string of the molecule is O=C(NCc1cc2nc(-c3ccccc3Cl)ccc2cn1)c1ccc2c(c1)S(=O)(=O)CCOC2. The maximum atomic E-state index is 12.7. The van der Waals surface area contributed by atoms with Crippen LogP contribution in [0, 0.1) is 0 Å². The molecule has 0 radical (unpaired) electrons. The van der Waals surface area contributed by atoms with Gasteiger partial charge in [0, 0.05) is 27.7 Å². The number of pyridine rings is 2. The number of rotatable bonds is 4. The van der Waals surface area contributed by atoms with Crippen molar-refractivity contribution < 1.29 is 17.9 Å². The third kappa shape index (κ3) is 4.52. The predicted molar refractivity (Wildman–Crippen MR) is 129 cm³/mol. The number of sulfone groups is 1. The van der Waals surface area contributed by atoms with Crippen LogP contribution in [0.4, 0.5) is 0 Å². The average molecular weight is 494 g/mol. The van der Waals surface area contributed by atoms with Crippen molar-refractivity contribution >= 4 is 38.2 Å². The van der Waals surface area contributed by atoms with Gasteiger partial charge >= 0.3 is 0 Å². The van der Waals surface area contributed by atoms with E-state index in [0.29, 0.717) is 16.3 Å². The Balaban J connectivity index is 1.36. The molecule has 0 saturated carbocycles. The molecular formula is C25H20ClN3O4S. The quantitative estimate of drug-likeness (QED) is 0.458. The van der Waals surface area contributed by atoms with E-state index in [-0.39, 0.29) is 41.9 Å². The summed E-state index contributed by atoms with van der Waals surface area (Å²) in [6, 6.07) is 17.8.